The average Bonchev–Trinajstić information content (AvgIpc) is 2.27. The third kappa shape index (κ3) is 2.31. The molecule has 0 aromatic heterocycles. The van der Waals surface area contributed by atoms with Gasteiger partial charge in [0.2, 0.25) is 0 Å². The number of anilines is 1. The summed E-state index contributed by atoms with van der Waals surface area (Å²) < 4.78 is 37.8. The zero-order valence-electron chi connectivity index (χ0n) is 9.04. The van der Waals surface area contributed by atoms with Gasteiger partial charge in [-0.05, 0) is 30.2 Å². The summed E-state index contributed by atoms with van der Waals surface area (Å²) in [5.74, 6) is 0. The molecule has 0 fully saturated rings. The Morgan fingerprint density at radius 2 is 2.11 bits per heavy atom. The van der Waals surface area contributed by atoms with Crippen LogP contribution in [0.2, 0.25) is 0 Å². The summed E-state index contributed by atoms with van der Waals surface area (Å²) in [5.41, 5.74) is -0.0972. The summed E-state index contributed by atoms with van der Waals surface area (Å²) in [6.07, 6.45) is -5.14. The van der Waals surface area contributed by atoms with Gasteiger partial charge in [-0.25, -0.2) is 4.79 Å². The second-order valence-electron chi connectivity index (χ2n) is 3.96. The number of benzene rings is 1. The molecular formula is C11H9BrF3NO2. The van der Waals surface area contributed by atoms with Gasteiger partial charge in [-0.3, -0.25) is 4.90 Å². The van der Waals surface area contributed by atoms with Gasteiger partial charge < -0.3 is 5.11 Å². The molecule has 0 saturated carbocycles. The number of alkyl halides is 4. The molecule has 0 spiro atoms. The lowest BCUT2D eigenvalue weighted by molar-refractivity contribution is -0.137. The van der Waals surface area contributed by atoms with Crippen molar-refractivity contribution in [2.45, 2.75) is 17.4 Å². The van der Waals surface area contributed by atoms with Gasteiger partial charge in [0.1, 0.15) is 0 Å². The Morgan fingerprint density at radius 3 is 2.67 bits per heavy atom. The SMILES string of the molecule is O=C(O)N1CC[C@H](Br)c2cc(C(F)(F)F)ccc21. The van der Waals surface area contributed by atoms with Crippen molar-refractivity contribution in [3.63, 3.8) is 0 Å². The van der Waals surface area contributed by atoms with Gasteiger partial charge in [-0.2, -0.15) is 13.2 Å². The molecule has 1 heterocycles. The number of rotatable bonds is 0. The number of hydrogen-bond acceptors (Lipinski definition) is 1. The number of fused-ring (bicyclic) bond motifs is 1. The molecule has 0 bridgehead atoms. The second kappa shape index (κ2) is 4.46. The molecule has 1 atom stereocenters. The van der Waals surface area contributed by atoms with Crippen LogP contribution in [-0.2, 0) is 6.18 Å². The van der Waals surface area contributed by atoms with Crippen LogP contribution in [0.25, 0.3) is 0 Å². The Morgan fingerprint density at radius 1 is 1.44 bits per heavy atom. The molecule has 1 aromatic carbocycles. The van der Waals surface area contributed by atoms with E-state index in [0.717, 1.165) is 17.0 Å². The molecule has 3 nitrogen and oxygen atoms in total. The highest BCUT2D eigenvalue weighted by atomic mass is 79.9. The molecule has 0 aliphatic carbocycles. The van der Waals surface area contributed by atoms with Crippen molar-refractivity contribution in [3.8, 4) is 0 Å². The van der Waals surface area contributed by atoms with Gasteiger partial charge in [0.15, 0.2) is 0 Å². The predicted octanol–water partition coefficient (Wildman–Crippen LogP) is 4.03. The van der Waals surface area contributed by atoms with Crippen LogP contribution in [0.4, 0.5) is 23.7 Å². The summed E-state index contributed by atoms with van der Waals surface area (Å²) >= 11 is 3.28. The Balaban J connectivity index is 2.50. The molecule has 1 aliphatic rings. The smallest absolute Gasteiger partial charge is 0.416 e. The van der Waals surface area contributed by atoms with Gasteiger partial charge >= 0.3 is 12.3 Å². The lowest BCUT2D eigenvalue weighted by atomic mass is 9.99. The van der Waals surface area contributed by atoms with E-state index in [0.29, 0.717) is 17.7 Å². The fourth-order valence-electron chi connectivity index (χ4n) is 1.94. The Bertz CT molecular complexity index is 490. The first-order chi connectivity index (χ1) is 8.30. The molecule has 0 unspecified atom stereocenters. The Hall–Kier alpha value is -1.24. The number of carboxylic acid groups (broad SMARTS) is 1. The minimum absolute atomic E-state index is 0.259. The van der Waals surface area contributed by atoms with Crippen LogP contribution >= 0.6 is 15.9 Å². The maximum atomic E-state index is 12.6. The minimum atomic E-state index is -4.42. The molecule has 2 rings (SSSR count). The van der Waals surface area contributed by atoms with Crippen LogP contribution in [0.3, 0.4) is 0 Å². The second-order valence-corrected chi connectivity index (χ2v) is 5.07. The van der Waals surface area contributed by atoms with Crippen molar-refractivity contribution in [2.24, 2.45) is 0 Å². The lowest BCUT2D eigenvalue weighted by Crippen LogP contribution is -2.34. The third-order valence-corrected chi connectivity index (χ3v) is 3.77. The zero-order chi connectivity index (χ0) is 13.5. The number of carbonyl (C=O) groups is 1. The van der Waals surface area contributed by atoms with Crippen LogP contribution in [0.5, 0.6) is 0 Å². The molecule has 0 saturated heterocycles. The first kappa shape index (κ1) is 13.2. The largest absolute Gasteiger partial charge is 0.465 e. The molecular weight excluding hydrogens is 315 g/mol. The van der Waals surface area contributed by atoms with E-state index >= 15 is 0 Å². The number of halogens is 4. The van der Waals surface area contributed by atoms with E-state index in [1.807, 2.05) is 0 Å². The highest BCUT2D eigenvalue weighted by Gasteiger charge is 2.34. The van der Waals surface area contributed by atoms with E-state index in [2.05, 4.69) is 15.9 Å². The van der Waals surface area contributed by atoms with Crippen molar-refractivity contribution in [1.82, 2.24) is 0 Å². The standard InChI is InChI=1S/C11H9BrF3NO2/c12-8-3-4-16(10(17)18)9-2-1-6(5-7(8)9)11(13,14)15/h1-2,5,8H,3-4H2,(H,17,18)/t8-/m0/s1. The van der Waals surface area contributed by atoms with Crippen molar-refractivity contribution < 1.29 is 23.1 Å². The van der Waals surface area contributed by atoms with E-state index in [1.54, 1.807) is 0 Å². The van der Waals surface area contributed by atoms with Gasteiger partial charge in [0.25, 0.3) is 0 Å². The van der Waals surface area contributed by atoms with Gasteiger partial charge in [0, 0.05) is 11.4 Å². The molecule has 1 amide bonds. The molecule has 1 aliphatic heterocycles. The fourth-order valence-corrected chi connectivity index (χ4v) is 2.52. The maximum absolute atomic E-state index is 12.6. The quantitative estimate of drug-likeness (QED) is 0.732. The Labute approximate surface area is 109 Å². The predicted molar refractivity (Wildman–Crippen MR) is 63.1 cm³/mol. The van der Waals surface area contributed by atoms with Crippen molar-refractivity contribution in [1.29, 1.82) is 0 Å². The van der Waals surface area contributed by atoms with Crippen LogP contribution in [0.15, 0.2) is 18.2 Å². The summed E-state index contributed by atoms with van der Waals surface area (Å²) in [6, 6.07) is 3.11. The highest BCUT2D eigenvalue weighted by molar-refractivity contribution is 9.09. The summed E-state index contributed by atoms with van der Waals surface area (Å²) in [6.45, 7) is 0.267. The van der Waals surface area contributed by atoms with Crippen LogP contribution < -0.4 is 4.90 Å². The Kier molecular flexibility index (Phi) is 3.27. The van der Waals surface area contributed by atoms with Gasteiger partial charge in [0.05, 0.1) is 11.3 Å². The zero-order valence-corrected chi connectivity index (χ0v) is 10.6. The number of hydrogen-bond donors (Lipinski definition) is 1. The van der Waals surface area contributed by atoms with E-state index < -0.39 is 17.8 Å². The highest BCUT2D eigenvalue weighted by Crippen LogP contribution is 2.42. The summed E-state index contributed by atoms with van der Waals surface area (Å²) in [5, 5.41) is 8.99. The van der Waals surface area contributed by atoms with Crippen LogP contribution in [0, 0.1) is 0 Å². The fraction of sp³-hybridized carbons (Fsp3) is 0.364. The molecule has 18 heavy (non-hydrogen) atoms. The van der Waals surface area contributed by atoms with E-state index in [4.69, 9.17) is 5.11 Å². The van der Waals surface area contributed by atoms with E-state index in [9.17, 15) is 18.0 Å². The first-order valence-corrected chi connectivity index (χ1v) is 6.08. The molecule has 0 radical (unpaired) electrons. The monoisotopic (exact) mass is 323 g/mol. The molecule has 98 valence electrons. The normalized spacial score (nSPS) is 19.6. The minimum Gasteiger partial charge on any atom is -0.465 e. The van der Waals surface area contributed by atoms with Crippen LogP contribution in [-0.4, -0.2) is 17.7 Å². The lowest BCUT2D eigenvalue weighted by Gasteiger charge is -2.30. The van der Waals surface area contributed by atoms with Crippen LogP contribution in [0.1, 0.15) is 22.4 Å². The van der Waals surface area contributed by atoms with Crippen molar-refractivity contribution in [3.05, 3.63) is 29.3 Å². The van der Waals surface area contributed by atoms with Gasteiger partial charge in [-0.15, -0.1) is 0 Å². The molecule has 1 aromatic rings. The summed E-state index contributed by atoms with van der Waals surface area (Å²) in [4.78, 5) is 11.8. The summed E-state index contributed by atoms with van der Waals surface area (Å²) in [7, 11) is 0. The molecule has 1 N–H and O–H groups in total. The van der Waals surface area contributed by atoms with E-state index in [-0.39, 0.29) is 11.4 Å². The third-order valence-electron chi connectivity index (χ3n) is 2.82. The number of amides is 1. The first-order valence-electron chi connectivity index (χ1n) is 5.16. The van der Waals surface area contributed by atoms with Crippen molar-refractivity contribution in [2.75, 3.05) is 11.4 Å². The average molecular weight is 324 g/mol. The topological polar surface area (TPSA) is 40.5 Å². The van der Waals surface area contributed by atoms with Crippen molar-refractivity contribution >= 4 is 27.7 Å². The number of nitrogens with zero attached hydrogens (tertiary/aromatic N) is 1. The maximum Gasteiger partial charge on any atom is 0.416 e. The van der Waals surface area contributed by atoms with E-state index in [1.165, 1.54) is 6.07 Å². The van der Waals surface area contributed by atoms with Gasteiger partial charge in [-0.1, -0.05) is 15.9 Å². The molecule has 7 heteroatoms.